The lowest BCUT2D eigenvalue weighted by Gasteiger charge is -2.48. The van der Waals surface area contributed by atoms with E-state index in [1.54, 1.807) is 6.20 Å². The maximum Gasteiger partial charge on any atom is 0.253 e. The topological polar surface area (TPSA) is 76.1 Å². The minimum atomic E-state index is -2.93. The van der Waals surface area contributed by atoms with Crippen LogP contribution < -0.4 is 5.32 Å². The standard InChI is InChI=1S/C21H32N2O3S/c1-4-7-27(25,26)13-18-10-21(11-18,9-17-5-6-17)14-23-20(24)19-12-22-16(3)8-15(19)2/h8,12,17-18H,4-7,9-11,13-14H2,1-3H3,(H,23,24)/t18-,21-. The summed E-state index contributed by atoms with van der Waals surface area (Å²) in [6.45, 7) is 6.40. The number of amides is 1. The van der Waals surface area contributed by atoms with Crippen molar-refractivity contribution in [3.8, 4) is 0 Å². The van der Waals surface area contributed by atoms with Crippen LogP contribution in [0.2, 0.25) is 0 Å². The molecule has 27 heavy (non-hydrogen) atoms. The fourth-order valence-corrected chi connectivity index (χ4v) is 6.39. The average molecular weight is 393 g/mol. The molecule has 6 heteroatoms. The monoisotopic (exact) mass is 392 g/mol. The minimum Gasteiger partial charge on any atom is -0.351 e. The lowest BCUT2D eigenvalue weighted by atomic mass is 9.60. The highest BCUT2D eigenvalue weighted by molar-refractivity contribution is 7.91. The normalized spacial score (nSPS) is 25.1. The Labute approximate surface area is 163 Å². The lowest BCUT2D eigenvalue weighted by molar-refractivity contribution is 0.0475. The molecule has 2 fully saturated rings. The zero-order chi connectivity index (χ0) is 19.7. The van der Waals surface area contributed by atoms with E-state index in [0.717, 1.165) is 36.4 Å². The number of sulfone groups is 1. The van der Waals surface area contributed by atoms with Gasteiger partial charge in [-0.25, -0.2) is 8.42 Å². The highest BCUT2D eigenvalue weighted by atomic mass is 32.2. The number of carbonyl (C=O) groups is 1. The molecule has 150 valence electrons. The molecule has 0 spiro atoms. The van der Waals surface area contributed by atoms with Crippen LogP contribution in [0.25, 0.3) is 0 Å². The first kappa shape index (κ1) is 20.3. The van der Waals surface area contributed by atoms with Gasteiger partial charge in [0.2, 0.25) is 0 Å². The molecule has 1 N–H and O–H groups in total. The van der Waals surface area contributed by atoms with Crippen molar-refractivity contribution in [1.29, 1.82) is 0 Å². The number of hydrogen-bond donors (Lipinski definition) is 1. The SMILES string of the molecule is CCCS(=O)(=O)C[C@H]1C[C@@](CNC(=O)c2cnc(C)cc2C)(CC2CC2)C1. The fourth-order valence-electron chi connectivity index (χ4n) is 4.65. The first-order valence-corrected chi connectivity index (χ1v) is 12.0. The highest BCUT2D eigenvalue weighted by Gasteiger charge is 2.48. The first-order chi connectivity index (χ1) is 12.7. The van der Waals surface area contributed by atoms with Crippen LogP contribution in [-0.2, 0) is 9.84 Å². The number of pyridine rings is 1. The van der Waals surface area contributed by atoms with E-state index in [-0.39, 0.29) is 23.0 Å². The fraction of sp³-hybridized carbons (Fsp3) is 0.714. The molecule has 1 amide bonds. The zero-order valence-corrected chi connectivity index (χ0v) is 17.6. The summed E-state index contributed by atoms with van der Waals surface area (Å²) in [5.74, 6) is 1.53. The van der Waals surface area contributed by atoms with Crippen molar-refractivity contribution >= 4 is 15.7 Å². The summed E-state index contributed by atoms with van der Waals surface area (Å²) >= 11 is 0. The van der Waals surface area contributed by atoms with E-state index in [2.05, 4.69) is 10.3 Å². The molecule has 0 aliphatic heterocycles. The number of rotatable bonds is 9. The highest BCUT2D eigenvalue weighted by Crippen LogP contribution is 2.53. The van der Waals surface area contributed by atoms with Gasteiger partial charge in [-0.2, -0.15) is 0 Å². The van der Waals surface area contributed by atoms with E-state index in [4.69, 9.17) is 0 Å². The predicted molar refractivity (Wildman–Crippen MR) is 107 cm³/mol. The second kappa shape index (κ2) is 7.90. The summed E-state index contributed by atoms with van der Waals surface area (Å²) < 4.78 is 24.2. The van der Waals surface area contributed by atoms with Crippen molar-refractivity contribution in [2.45, 2.75) is 59.3 Å². The Hall–Kier alpha value is -1.43. The van der Waals surface area contributed by atoms with Crippen molar-refractivity contribution in [3.05, 3.63) is 29.1 Å². The summed E-state index contributed by atoms with van der Waals surface area (Å²) in [6.07, 6.45) is 7.82. The molecular weight excluding hydrogens is 360 g/mol. The van der Waals surface area contributed by atoms with Gasteiger partial charge in [-0.1, -0.05) is 19.8 Å². The largest absolute Gasteiger partial charge is 0.351 e. The van der Waals surface area contributed by atoms with Crippen molar-refractivity contribution < 1.29 is 13.2 Å². The molecule has 0 saturated heterocycles. The van der Waals surface area contributed by atoms with Crippen molar-refractivity contribution in [3.63, 3.8) is 0 Å². The maximum absolute atomic E-state index is 12.6. The van der Waals surface area contributed by atoms with E-state index in [1.165, 1.54) is 12.8 Å². The van der Waals surface area contributed by atoms with Crippen molar-refractivity contribution in [2.24, 2.45) is 17.3 Å². The number of nitrogens with zero attached hydrogens (tertiary/aromatic N) is 1. The zero-order valence-electron chi connectivity index (χ0n) is 16.8. The third-order valence-electron chi connectivity index (χ3n) is 5.98. The minimum absolute atomic E-state index is 0.0720. The predicted octanol–water partition coefficient (Wildman–Crippen LogP) is 3.45. The third kappa shape index (κ3) is 5.31. The van der Waals surface area contributed by atoms with Gasteiger partial charge in [-0.15, -0.1) is 0 Å². The van der Waals surface area contributed by atoms with Crippen LogP contribution in [0.3, 0.4) is 0 Å². The van der Waals surface area contributed by atoms with Crippen molar-refractivity contribution in [1.82, 2.24) is 10.3 Å². The molecule has 0 radical (unpaired) electrons. The second-order valence-corrected chi connectivity index (χ2v) is 11.1. The molecule has 2 saturated carbocycles. The van der Waals surface area contributed by atoms with Gasteiger partial charge in [0, 0.05) is 24.2 Å². The summed E-state index contributed by atoms with van der Waals surface area (Å²) in [4.78, 5) is 16.9. The van der Waals surface area contributed by atoms with Gasteiger partial charge < -0.3 is 5.32 Å². The number of nitrogens with one attached hydrogen (secondary N) is 1. The molecule has 5 nitrogen and oxygen atoms in total. The number of aryl methyl sites for hydroxylation is 2. The van der Waals surface area contributed by atoms with E-state index >= 15 is 0 Å². The van der Waals surface area contributed by atoms with Gasteiger partial charge in [0.1, 0.15) is 0 Å². The Morgan fingerprint density at radius 2 is 1.96 bits per heavy atom. The summed E-state index contributed by atoms with van der Waals surface area (Å²) in [5, 5.41) is 3.12. The average Bonchev–Trinajstić information content (AvgIpc) is 3.34. The van der Waals surface area contributed by atoms with Gasteiger partial charge in [0.25, 0.3) is 5.91 Å². The maximum atomic E-state index is 12.6. The lowest BCUT2D eigenvalue weighted by Crippen LogP contribution is -2.48. The molecule has 0 atom stereocenters. The van der Waals surface area contributed by atoms with Gasteiger partial charge >= 0.3 is 0 Å². The van der Waals surface area contributed by atoms with Crippen LogP contribution in [0.1, 0.15) is 67.1 Å². The van der Waals surface area contributed by atoms with Crippen LogP contribution in [0, 0.1) is 31.1 Å². The molecule has 1 heterocycles. The van der Waals surface area contributed by atoms with Gasteiger partial charge in [0.15, 0.2) is 9.84 Å². The smallest absolute Gasteiger partial charge is 0.253 e. The van der Waals surface area contributed by atoms with Crippen LogP contribution in [0.5, 0.6) is 0 Å². The van der Waals surface area contributed by atoms with Crippen LogP contribution in [0.15, 0.2) is 12.3 Å². The van der Waals surface area contributed by atoms with Crippen LogP contribution in [0.4, 0.5) is 0 Å². The first-order valence-electron chi connectivity index (χ1n) is 10.1. The molecule has 3 rings (SSSR count). The summed E-state index contributed by atoms with van der Waals surface area (Å²) in [6, 6.07) is 1.92. The van der Waals surface area contributed by atoms with Gasteiger partial charge in [-0.05, 0) is 68.4 Å². The quantitative estimate of drug-likeness (QED) is 0.698. The Balaban J connectivity index is 1.59. The summed E-state index contributed by atoms with van der Waals surface area (Å²) in [7, 11) is -2.93. The molecule has 1 aromatic rings. The molecule has 0 bridgehead atoms. The number of hydrogen-bond acceptors (Lipinski definition) is 4. The van der Waals surface area contributed by atoms with Crippen molar-refractivity contribution in [2.75, 3.05) is 18.1 Å². The molecule has 1 aromatic heterocycles. The Morgan fingerprint density at radius 1 is 1.26 bits per heavy atom. The summed E-state index contributed by atoms with van der Waals surface area (Å²) in [5.41, 5.74) is 2.55. The number of aromatic nitrogens is 1. The van der Waals surface area contributed by atoms with E-state index in [1.807, 2.05) is 26.8 Å². The molecular formula is C21H32N2O3S. The Bertz CT molecular complexity index is 794. The van der Waals surface area contributed by atoms with E-state index in [9.17, 15) is 13.2 Å². The Morgan fingerprint density at radius 3 is 2.56 bits per heavy atom. The van der Waals surface area contributed by atoms with Crippen LogP contribution in [-0.4, -0.2) is 37.4 Å². The second-order valence-electron chi connectivity index (χ2n) is 8.86. The Kier molecular flexibility index (Phi) is 5.94. The van der Waals surface area contributed by atoms with Crippen LogP contribution >= 0.6 is 0 Å². The van der Waals surface area contributed by atoms with Gasteiger partial charge in [-0.3, -0.25) is 9.78 Å². The molecule has 0 unspecified atom stereocenters. The van der Waals surface area contributed by atoms with E-state index < -0.39 is 9.84 Å². The molecule has 2 aliphatic carbocycles. The molecule has 0 aromatic carbocycles. The number of carbonyl (C=O) groups excluding carboxylic acids is 1. The van der Waals surface area contributed by atoms with Gasteiger partial charge in [0.05, 0.1) is 11.3 Å². The molecule has 2 aliphatic rings. The van der Waals surface area contributed by atoms with E-state index in [0.29, 0.717) is 24.3 Å². The third-order valence-corrected chi connectivity index (χ3v) is 7.99.